The van der Waals surface area contributed by atoms with Crippen molar-refractivity contribution in [1.29, 1.82) is 0 Å². The number of likely N-dealkylation sites (N-methyl/N-ethyl adjacent to an activating group) is 1. The summed E-state index contributed by atoms with van der Waals surface area (Å²) in [4.78, 5) is 16.6. The van der Waals surface area contributed by atoms with Gasteiger partial charge in [-0.2, -0.15) is 0 Å². The number of hydrogen-bond acceptors (Lipinski definition) is 5. The highest BCUT2D eigenvalue weighted by molar-refractivity contribution is 7.09. The summed E-state index contributed by atoms with van der Waals surface area (Å²) in [5, 5.41) is 9.29. The highest BCUT2D eigenvalue weighted by Gasteiger charge is 2.34. The van der Waals surface area contributed by atoms with Crippen LogP contribution in [0.2, 0.25) is 0 Å². The summed E-state index contributed by atoms with van der Waals surface area (Å²) in [6, 6.07) is 0.133. The van der Waals surface area contributed by atoms with E-state index in [4.69, 9.17) is 4.74 Å². The zero-order valence-electron chi connectivity index (χ0n) is 11.4. The average molecular weight is 283 g/mol. The second-order valence-corrected chi connectivity index (χ2v) is 5.57. The van der Waals surface area contributed by atoms with Crippen molar-refractivity contribution < 1.29 is 9.53 Å². The Bertz CT molecular complexity index is 397. The molecule has 6 heteroatoms. The second-order valence-electron chi connectivity index (χ2n) is 4.65. The fourth-order valence-electron chi connectivity index (χ4n) is 2.30. The first-order chi connectivity index (χ1) is 9.26. The van der Waals surface area contributed by atoms with Crippen LogP contribution in [0.3, 0.4) is 0 Å². The number of carbonyl (C=O) groups is 1. The van der Waals surface area contributed by atoms with Gasteiger partial charge in [-0.3, -0.25) is 4.79 Å². The van der Waals surface area contributed by atoms with Crippen molar-refractivity contribution in [3.63, 3.8) is 0 Å². The maximum absolute atomic E-state index is 12.3. The molecule has 1 amide bonds. The minimum Gasteiger partial charge on any atom is -0.379 e. The first-order valence-electron chi connectivity index (χ1n) is 6.77. The molecule has 5 nitrogen and oxygen atoms in total. The molecule has 2 N–H and O–H groups in total. The van der Waals surface area contributed by atoms with Gasteiger partial charge in [0.05, 0.1) is 25.2 Å². The number of nitrogens with one attached hydrogen (secondary N) is 2. The van der Waals surface area contributed by atoms with Gasteiger partial charge in [0.25, 0.3) is 0 Å². The summed E-state index contributed by atoms with van der Waals surface area (Å²) in [5.41, 5.74) is 0. The van der Waals surface area contributed by atoms with Crippen LogP contribution in [0.1, 0.15) is 31.3 Å². The van der Waals surface area contributed by atoms with Crippen molar-refractivity contribution >= 4 is 17.2 Å². The lowest BCUT2D eigenvalue weighted by molar-refractivity contribution is -0.126. The molecule has 1 saturated heterocycles. The molecule has 19 heavy (non-hydrogen) atoms. The standard InChI is InChI=1S/C13H21N3O2S/c1-3-10(13-15-5-6-19-13)16-12(17)9-7-18-8-11(9)14-4-2/h5-6,9-11,14H,3-4,7-8H2,1-2H3,(H,16,17). The number of hydrogen-bond donors (Lipinski definition) is 2. The molecule has 106 valence electrons. The molecule has 2 heterocycles. The number of amides is 1. The van der Waals surface area contributed by atoms with Crippen LogP contribution in [-0.2, 0) is 9.53 Å². The number of thiazole rings is 1. The Morgan fingerprint density at radius 3 is 3.05 bits per heavy atom. The lowest BCUT2D eigenvalue weighted by atomic mass is 10.0. The summed E-state index contributed by atoms with van der Waals surface area (Å²) in [5.74, 6) is -0.0422. The molecule has 0 saturated carbocycles. The van der Waals surface area contributed by atoms with Gasteiger partial charge in [-0.1, -0.05) is 13.8 Å². The van der Waals surface area contributed by atoms with E-state index in [1.165, 1.54) is 0 Å². The maximum Gasteiger partial charge on any atom is 0.227 e. The highest BCUT2D eigenvalue weighted by Crippen LogP contribution is 2.21. The summed E-state index contributed by atoms with van der Waals surface area (Å²) < 4.78 is 5.41. The van der Waals surface area contributed by atoms with E-state index in [1.54, 1.807) is 17.5 Å². The molecule has 3 unspecified atom stereocenters. The third-order valence-corrected chi connectivity index (χ3v) is 4.25. The molecule has 1 aromatic rings. The highest BCUT2D eigenvalue weighted by atomic mass is 32.1. The Morgan fingerprint density at radius 1 is 1.58 bits per heavy atom. The zero-order valence-corrected chi connectivity index (χ0v) is 12.2. The van der Waals surface area contributed by atoms with Gasteiger partial charge in [0.2, 0.25) is 5.91 Å². The van der Waals surface area contributed by atoms with Gasteiger partial charge in [0.1, 0.15) is 5.01 Å². The Hall–Kier alpha value is -0.980. The fourth-order valence-corrected chi connectivity index (χ4v) is 3.07. The van der Waals surface area contributed by atoms with Crippen LogP contribution in [-0.4, -0.2) is 36.7 Å². The van der Waals surface area contributed by atoms with E-state index in [0.717, 1.165) is 18.0 Å². The summed E-state index contributed by atoms with van der Waals surface area (Å²) in [7, 11) is 0. The quantitative estimate of drug-likeness (QED) is 0.827. The predicted molar refractivity (Wildman–Crippen MR) is 75.1 cm³/mol. The van der Waals surface area contributed by atoms with E-state index in [-0.39, 0.29) is 23.9 Å². The first-order valence-corrected chi connectivity index (χ1v) is 7.65. The second kappa shape index (κ2) is 6.98. The van der Waals surface area contributed by atoms with E-state index in [0.29, 0.717) is 13.2 Å². The number of nitrogens with zero attached hydrogens (tertiary/aromatic N) is 1. The van der Waals surface area contributed by atoms with Gasteiger partial charge < -0.3 is 15.4 Å². The van der Waals surface area contributed by atoms with Crippen molar-refractivity contribution in [2.24, 2.45) is 5.92 Å². The Kier molecular flexibility index (Phi) is 5.30. The van der Waals surface area contributed by atoms with Gasteiger partial charge in [0, 0.05) is 17.6 Å². The van der Waals surface area contributed by atoms with Crippen LogP contribution in [0.4, 0.5) is 0 Å². The molecule has 2 rings (SSSR count). The molecule has 1 aliphatic heterocycles. The van der Waals surface area contributed by atoms with Gasteiger partial charge in [-0.25, -0.2) is 4.98 Å². The SMILES string of the molecule is CCNC1COCC1C(=O)NC(CC)c1nccs1. The summed E-state index contributed by atoms with van der Waals surface area (Å²) in [6.45, 7) is 6.05. The van der Waals surface area contributed by atoms with Crippen LogP contribution < -0.4 is 10.6 Å². The van der Waals surface area contributed by atoms with Crippen LogP contribution >= 0.6 is 11.3 Å². The molecule has 0 aromatic carbocycles. The van der Waals surface area contributed by atoms with Gasteiger partial charge in [0.15, 0.2) is 0 Å². The molecular formula is C13H21N3O2S. The van der Waals surface area contributed by atoms with Crippen LogP contribution in [0.5, 0.6) is 0 Å². The molecule has 0 radical (unpaired) electrons. The van der Waals surface area contributed by atoms with Crippen LogP contribution in [0.25, 0.3) is 0 Å². The monoisotopic (exact) mass is 283 g/mol. The first kappa shape index (κ1) is 14.4. The molecule has 1 aromatic heterocycles. The third-order valence-electron chi connectivity index (χ3n) is 3.36. The molecular weight excluding hydrogens is 262 g/mol. The van der Waals surface area contributed by atoms with E-state index < -0.39 is 0 Å². The number of rotatable bonds is 6. The van der Waals surface area contributed by atoms with Crippen LogP contribution in [0, 0.1) is 5.92 Å². The van der Waals surface area contributed by atoms with Gasteiger partial charge in [-0.05, 0) is 13.0 Å². The molecule has 3 atom stereocenters. The minimum atomic E-state index is -0.103. The Morgan fingerprint density at radius 2 is 2.42 bits per heavy atom. The third kappa shape index (κ3) is 3.52. The van der Waals surface area contributed by atoms with Crippen LogP contribution in [0.15, 0.2) is 11.6 Å². The van der Waals surface area contributed by atoms with Crippen molar-refractivity contribution in [2.45, 2.75) is 32.4 Å². The van der Waals surface area contributed by atoms with Crippen molar-refractivity contribution in [3.8, 4) is 0 Å². The molecule has 0 aliphatic carbocycles. The average Bonchev–Trinajstić information content (AvgIpc) is 3.06. The van der Waals surface area contributed by atoms with Gasteiger partial charge >= 0.3 is 0 Å². The number of aromatic nitrogens is 1. The van der Waals surface area contributed by atoms with Crippen molar-refractivity contribution in [1.82, 2.24) is 15.6 Å². The minimum absolute atomic E-state index is 0.00961. The Labute approximate surface area is 117 Å². The van der Waals surface area contributed by atoms with E-state index in [2.05, 4.69) is 22.5 Å². The van der Waals surface area contributed by atoms with Gasteiger partial charge in [-0.15, -0.1) is 11.3 Å². The normalized spacial score (nSPS) is 24.3. The zero-order chi connectivity index (χ0) is 13.7. The topological polar surface area (TPSA) is 63.2 Å². The smallest absolute Gasteiger partial charge is 0.227 e. The lowest BCUT2D eigenvalue weighted by Crippen LogP contribution is -2.44. The summed E-state index contributed by atoms with van der Waals surface area (Å²) in [6.07, 6.45) is 2.62. The molecule has 0 spiro atoms. The predicted octanol–water partition coefficient (Wildman–Crippen LogP) is 1.33. The summed E-state index contributed by atoms with van der Waals surface area (Å²) >= 11 is 1.58. The molecule has 1 aliphatic rings. The van der Waals surface area contributed by atoms with E-state index in [9.17, 15) is 4.79 Å². The lowest BCUT2D eigenvalue weighted by Gasteiger charge is -2.21. The maximum atomic E-state index is 12.3. The van der Waals surface area contributed by atoms with Crippen molar-refractivity contribution in [3.05, 3.63) is 16.6 Å². The Balaban J connectivity index is 1.95. The fraction of sp³-hybridized carbons (Fsp3) is 0.692. The van der Waals surface area contributed by atoms with E-state index >= 15 is 0 Å². The van der Waals surface area contributed by atoms with Crippen molar-refractivity contribution in [2.75, 3.05) is 19.8 Å². The molecule has 1 fully saturated rings. The number of carbonyl (C=O) groups excluding carboxylic acids is 1. The molecule has 0 bridgehead atoms. The largest absolute Gasteiger partial charge is 0.379 e. The number of ether oxygens (including phenoxy) is 1. The van der Waals surface area contributed by atoms with E-state index in [1.807, 2.05) is 12.3 Å².